The Labute approximate surface area is 210 Å². The number of likely N-dealkylation sites (tertiary alicyclic amines) is 1. The van der Waals surface area contributed by atoms with Gasteiger partial charge in [0.2, 0.25) is 0 Å². The zero-order valence-electron chi connectivity index (χ0n) is 20.5. The summed E-state index contributed by atoms with van der Waals surface area (Å²) in [4.78, 5) is 23.7. The molecule has 36 heavy (non-hydrogen) atoms. The van der Waals surface area contributed by atoms with E-state index < -0.39 is 11.7 Å². The average Bonchev–Trinajstić information content (AvgIpc) is 3.30. The zero-order chi connectivity index (χ0) is 25.1. The van der Waals surface area contributed by atoms with Crippen molar-refractivity contribution < 1.29 is 9.18 Å². The standard InChI is InChI=1S/C26H35FN8O/c27-19-16-18(23(29)36)24(33-25(19)32-22-7-3-2-6-20(22)28)31-21-8-10-30-26-17(21)9-13-35(26)15-14-34-11-4-1-5-12-34/h8-10,13,16,20,22H,1-7,11-12,14-15,28H2,(H2,29,36)(H2,30,31,32,33)/t20?,22-/m1/s1. The molecule has 4 heterocycles. The highest BCUT2D eigenvalue weighted by Gasteiger charge is 2.25. The third-order valence-corrected chi connectivity index (χ3v) is 7.40. The van der Waals surface area contributed by atoms with Crippen molar-refractivity contribution in [2.45, 2.75) is 63.6 Å². The number of piperidine rings is 1. The van der Waals surface area contributed by atoms with Crippen molar-refractivity contribution in [3.05, 3.63) is 42.0 Å². The first-order chi connectivity index (χ1) is 17.5. The number of anilines is 3. The topological polar surface area (TPSA) is 127 Å². The highest BCUT2D eigenvalue weighted by molar-refractivity contribution is 6.00. The fourth-order valence-electron chi connectivity index (χ4n) is 5.33. The number of nitrogens with zero attached hydrogens (tertiary/aromatic N) is 4. The van der Waals surface area contributed by atoms with Gasteiger partial charge in [-0.15, -0.1) is 0 Å². The molecule has 3 aromatic heterocycles. The molecule has 1 aliphatic carbocycles. The molecule has 3 aromatic rings. The maximum Gasteiger partial charge on any atom is 0.252 e. The molecule has 0 bridgehead atoms. The van der Waals surface area contributed by atoms with Gasteiger partial charge in [-0.05, 0) is 57.0 Å². The Bertz CT molecular complexity index is 1220. The first kappa shape index (κ1) is 24.5. The van der Waals surface area contributed by atoms with Crippen LogP contribution in [0.1, 0.15) is 55.3 Å². The van der Waals surface area contributed by atoms with Gasteiger partial charge in [0, 0.05) is 43.0 Å². The summed E-state index contributed by atoms with van der Waals surface area (Å²) in [6.45, 7) is 4.12. The van der Waals surface area contributed by atoms with E-state index in [0.29, 0.717) is 0 Å². The predicted molar refractivity (Wildman–Crippen MR) is 140 cm³/mol. The Morgan fingerprint density at radius 3 is 2.67 bits per heavy atom. The number of halogens is 1. The molecule has 1 aliphatic heterocycles. The third-order valence-electron chi connectivity index (χ3n) is 7.40. The Balaban J connectivity index is 1.40. The molecule has 192 valence electrons. The fraction of sp³-hybridized carbons (Fsp3) is 0.500. The van der Waals surface area contributed by atoms with E-state index in [1.165, 1.54) is 19.3 Å². The lowest BCUT2D eigenvalue weighted by Gasteiger charge is -2.30. The minimum Gasteiger partial charge on any atom is -0.365 e. The number of carbonyl (C=O) groups excluding carboxylic acids is 1. The second-order valence-corrected chi connectivity index (χ2v) is 9.91. The normalized spacial score (nSPS) is 20.9. The van der Waals surface area contributed by atoms with Crippen LogP contribution in [0.15, 0.2) is 30.6 Å². The van der Waals surface area contributed by atoms with Crippen LogP contribution < -0.4 is 22.1 Å². The smallest absolute Gasteiger partial charge is 0.252 e. The molecule has 1 saturated heterocycles. The Morgan fingerprint density at radius 1 is 1.08 bits per heavy atom. The molecular weight excluding hydrogens is 459 g/mol. The SMILES string of the molecule is NC(=O)c1cc(F)c(N[C@@H]2CCCCC2N)nc1Nc1ccnc2c1ccn2CCN1CCCCC1. The van der Waals surface area contributed by atoms with Crippen molar-refractivity contribution >= 4 is 34.3 Å². The fourth-order valence-corrected chi connectivity index (χ4v) is 5.33. The predicted octanol–water partition coefficient (Wildman–Crippen LogP) is 3.58. The lowest BCUT2D eigenvalue weighted by atomic mass is 9.91. The number of aromatic nitrogens is 3. The van der Waals surface area contributed by atoms with Crippen LogP contribution in [0.2, 0.25) is 0 Å². The van der Waals surface area contributed by atoms with Gasteiger partial charge in [-0.2, -0.15) is 0 Å². The van der Waals surface area contributed by atoms with Crippen LogP contribution in [0, 0.1) is 5.82 Å². The van der Waals surface area contributed by atoms with Crippen LogP contribution in [-0.2, 0) is 6.54 Å². The van der Waals surface area contributed by atoms with Crippen molar-refractivity contribution in [2.24, 2.45) is 11.5 Å². The molecule has 1 amide bonds. The van der Waals surface area contributed by atoms with Crippen LogP contribution >= 0.6 is 0 Å². The van der Waals surface area contributed by atoms with E-state index in [0.717, 1.165) is 74.6 Å². The highest BCUT2D eigenvalue weighted by atomic mass is 19.1. The van der Waals surface area contributed by atoms with Crippen molar-refractivity contribution in [1.82, 2.24) is 19.4 Å². The van der Waals surface area contributed by atoms with E-state index in [1.54, 1.807) is 6.20 Å². The molecule has 9 nitrogen and oxygen atoms in total. The minimum absolute atomic E-state index is 0.0134. The summed E-state index contributed by atoms with van der Waals surface area (Å²) in [7, 11) is 0. The lowest BCUT2D eigenvalue weighted by molar-refractivity contribution is 0.100. The summed E-state index contributed by atoms with van der Waals surface area (Å²) >= 11 is 0. The summed E-state index contributed by atoms with van der Waals surface area (Å²) in [6.07, 6.45) is 11.4. The number of amides is 1. The highest BCUT2D eigenvalue weighted by Crippen LogP contribution is 2.30. The molecular formula is C26H35FN8O. The Morgan fingerprint density at radius 2 is 1.89 bits per heavy atom. The van der Waals surface area contributed by atoms with Crippen molar-refractivity contribution in [1.29, 1.82) is 0 Å². The van der Waals surface area contributed by atoms with Gasteiger partial charge in [-0.3, -0.25) is 4.79 Å². The van der Waals surface area contributed by atoms with Crippen molar-refractivity contribution in [3.8, 4) is 0 Å². The number of fused-ring (bicyclic) bond motifs is 1. The summed E-state index contributed by atoms with van der Waals surface area (Å²) in [6, 6.07) is 4.80. The summed E-state index contributed by atoms with van der Waals surface area (Å²) in [5.41, 5.74) is 13.4. The van der Waals surface area contributed by atoms with Gasteiger partial charge in [0.1, 0.15) is 11.5 Å². The largest absolute Gasteiger partial charge is 0.365 e. The van der Waals surface area contributed by atoms with E-state index in [4.69, 9.17) is 11.5 Å². The van der Waals surface area contributed by atoms with E-state index in [2.05, 4.69) is 30.1 Å². The van der Waals surface area contributed by atoms with Gasteiger partial charge in [0.15, 0.2) is 11.6 Å². The number of carbonyl (C=O) groups is 1. The van der Waals surface area contributed by atoms with Crippen molar-refractivity contribution in [2.75, 3.05) is 30.3 Å². The van der Waals surface area contributed by atoms with Crippen molar-refractivity contribution in [3.63, 3.8) is 0 Å². The first-order valence-electron chi connectivity index (χ1n) is 13.0. The molecule has 5 rings (SSSR count). The second-order valence-electron chi connectivity index (χ2n) is 9.91. The maximum absolute atomic E-state index is 14.9. The Kier molecular flexibility index (Phi) is 7.33. The molecule has 0 radical (unpaired) electrons. The van der Waals surface area contributed by atoms with Crippen LogP contribution in [0.3, 0.4) is 0 Å². The summed E-state index contributed by atoms with van der Waals surface area (Å²) in [5.74, 6) is -1.12. The number of rotatable bonds is 8. The molecule has 10 heteroatoms. The zero-order valence-corrected chi connectivity index (χ0v) is 20.5. The van der Waals surface area contributed by atoms with Crippen LogP contribution in [0.5, 0.6) is 0 Å². The third kappa shape index (κ3) is 5.29. The van der Waals surface area contributed by atoms with Crippen LogP contribution in [0.4, 0.5) is 21.7 Å². The van der Waals surface area contributed by atoms with Gasteiger partial charge in [0.05, 0.1) is 11.3 Å². The average molecular weight is 495 g/mol. The molecule has 0 spiro atoms. The lowest BCUT2D eigenvalue weighted by Crippen LogP contribution is -2.43. The Hall–Kier alpha value is -3.24. The number of nitrogens with one attached hydrogen (secondary N) is 2. The van der Waals surface area contributed by atoms with Gasteiger partial charge < -0.3 is 31.6 Å². The summed E-state index contributed by atoms with van der Waals surface area (Å²) in [5, 5.41) is 7.26. The summed E-state index contributed by atoms with van der Waals surface area (Å²) < 4.78 is 17.0. The molecule has 0 aromatic carbocycles. The number of nitrogens with two attached hydrogens (primary N) is 2. The van der Waals surface area contributed by atoms with E-state index in [-0.39, 0.29) is 29.3 Å². The number of hydrogen-bond acceptors (Lipinski definition) is 7. The maximum atomic E-state index is 14.9. The number of primary amides is 1. The van der Waals surface area contributed by atoms with E-state index in [1.807, 2.05) is 18.3 Å². The first-order valence-corrected chi connectivity index (χ1v) is 13.0. The second kappa shape index (κ2) is 10.8. The number of hydrogen-bond donors (Lipinski definition) is 4. The van der Waals surface area contributed by atoms with Crippen LogP contribution in [-0.4, -0.2) is 57.1 Å². The molecule has 2 fully saturated rings. The number of pyridine rings is 2. The quantitative estimate of drug-likeness (QED) is 0.377. The van der Waals surface area contributed by atoms with Gasteiger partial charge in [0.25, 0.3) is 5.91 Å². The molecule has 2 aliphatic rings. The van der Waals surface area contributed by atoms with Gasteiger partial charge in [-0.1, -0.05) is 19.3 Å². The molecule has 2 atom stereocenters. The monoisotopic (exact) mass is 494 g/mol. The molecule has 1 unspecified atom stereocenters. The van der Waals surface area contributed by atoms with Gasteiger partial charge in [-0.25, -0.2) is 14.4 Å². The van der Waals surface area contributed by atoms with E-state index in [9.17, 15) is 9.18 Å². The van der Waals surface area contributed by atoms with Gasteiger partial charge >= 0.3 is 0 Å². The molecule has 6 N–H and O–H groups in total. The minimum atomic E-state index is -0.755. The molecule has 1 saturated carbocycles. The van der Waals surface area contributed by atoms with E-state index >= 15 is 0 Å². The van der Waals surface area contributed by atoms with Crippen LogP contribution in [0.25, 0.3) is 11.0 Å².